The predicted octanol–water partition coefficient (Wildman–Crippen LogP) is 2.23. The molecule has 0 spiro atoms. The highest BCUT2D eigenvalue weighted by molar-refractivity contribution is 5.29. The van der Waals surface area contributed by atoms with Crippen molar-refractivity contribution in [1.82, 2.24) is 4.90 Å². The minimum Gasteiger partial charge on any atom is -0.497 e. The van der Waals surface area contributed by atoms with E-state index in [-0.39, 0.29) is 11.6 Å². The van der Waals surface area contributed by atoms with Crippen molar-refractivity contribution in [3.63, 3.8) is 0 Å². The second-order valence-electron chi connectivity index (χ2n) is 6.04. The van der Waals surface area contributed by atoms with Crippen LogP contribution in [0.3, 0.4) is 0 Å². The third-order valence-corrected chi connectivity index (χ3v) is 3.95. The standard InChI is InChI=1S/C16H25NO3/c1-12(17-9-10-20-16(2,3)11-17)15(18)13-5-7-14(19-4)8-6-13/h5-8,12,15,18H,9-11H2,1-4H3. The van der Waals surface area contributed by atoms with E-state index in [9.17, 15) is 5.11 Å². The van der Waals surface area contributed by atoms with Gasteiger partial charge in [-0.1, -0.05) is 12.1 Å². The molecule has 112 valence electrons. The van der Waals surface area contributed by atoms with Crippen molar-refractivity contribution >= 4 is 0 Å². The third kappa shape index (κ3) is 3.51. The average Bonchev–Trinajstić information content (AvgIpc) is 2.45. The van der Waals surface area contributed by atoms with Gasteiger partial charge in [-0.2, -0.15) is 0 Å². The Morgan fingerprint density at radius 2 is 1.95 bits per heavy atom. The van der Waals surface area contributed by atoms with Gasteiger partial charge in [0.15, 0.2) is 0 Å². The van der Waals surface area contributed by atoms with Crippen LogP contribution in [0.2, 0.25) is 0 Å². The van der Waals surface area contributed by atoms with E-state index in [0.717, 1.165) is 24.4 Å². The summed E-state index contributed by atoms with van der Waals surface area (Å²) in [6.07, 6.45) is -0.505. The number of nitrogens with zero attached hydrogens (tertiary/aromatic N) is 1. The molecule has 0 aliphatic carbocycles. The molecular formula is C16H25NO3. The third-order valence-electron chi connectivity index (χ3n) is 3.95. The average molecular weight is 279 g/mol. The summed E-state index contributed by atoms with van der Waals surface area (Å²) >= 11 is 0. The lowest BCUT2D eigenvalue weighted by molar-refractivity contribution is -0.108. The first kappa shape index (κ1) is 15.3. The van der Waals surface area contributed by atoms with Crippen LogP contribution in [-0.4, -0.2) is 48.5 Å². The number of hydrogen-bond donors (Lipinski definition) is 1. The molecule has 20 heavy (non-hydrogen) atoms. The number of hydrogen-bond acceptors (Lipinski definition) is 4. The molecule has 1 fully saturated rings. The maximum absolute atomic E-state index is 10.6. The van der Waals surface area contributed by atoms with Gasteiger partial charge in [-0.25, -0.2) is 0 Å². The second-order valence-corrected chi connectivity index (χ2v) is 6.04. The van der Waals surface area contributed by atoms with Crippen LogP contribution in [-0.2, 0) is 4.74 Å². The van der Waals surface area contributed by atoms with Crippen LogP contribution in [0.1, 0.15) is 32.4 Å². The first-order chi connectivity index (χ1) is 9.43. The Morgan fingerprint density at radius 3 is 2.50 bits per heavy atom. The molecule has 0 aromatic heterocycles. The molecule has 0 saturated carbocycles. The molecule has 0 bridgehead atoms. The smallest absolute Gasteiger partial charge is 0.118 e. The van der Waals surface area contributed by atoms with Gasteiger partial charge < -0.3 is 14.6 Å². The summed E-state index contributed by atoms with van der Waals surface area (Å²) in [6, 6.07) is 7.67. The normalized spacial score (nSPS) is 22.2. The number of ether oxygens (including phenoxy) is 2. The van der Waals surface area contributed by atoms with Crippen molar-refractivity contribution in [2.45, 2.75) is 38.5 Å². The Morgan fingerprint density at radius 1 is 1.30 bits per heavy atom. The number of benzene rings is 1. The van der Waals surface area contributed by atoms with Crippen LogP contribution in [0.15, 0.2) is 24.3 Å². The molecule has 1 saturated heterocycles. The van der Waals surface area contributed by atoms with Crippen LogP contribution in [0.25, 0.3) is 0 Å². The monoisotopic (exact) mass is 279 g/mol. The largest absolute Gasteiger partial charge is 0.497 e. The van der Waals surface area contributed by atoms with Gasteiger partial charge in [-0.3, -0.25) is 4.90 Å². The first-order valence-electron chi connectivity index (χ1n) is 7.13. The Labute approximate surface area is 121 Å². The lowest BCUT2D eigenvalue weighted by Crippen LogP contribution is -2.52. The van der Waals surface area contributed by atoms with E-state index < -0.39 is 6.10 Å². The van der Waals surface area contributed by atoms with Crippen molar-refractivity contribution in [2.75, 3.05) is 26.8 Å². The van der Waals surface area contributed by atoms with Crippen molar-refractivity contribution in [1.29, 1.82) is 0 Å². The van der Waals surface area contributed by atoms with Crippen molar-refractivity contribution in [2.24, 2.45) is 0 Å². The summed E-state index contributed by atoms with van der Waals surface area (Å²) in [5.74, 6) is 0.807. The summed E-state index contributed by atoms with van der Waals surface area (Å²) < 4.78 is 10.9. The van der Waals surface area contributed by atoms with Gasteiger partial charge in [0.05, 0.1) is 25.4 Å². The molecule has 1 aromatic carbocycles. The fraction of sp³-hybridized carbons (Fsp3) is 0.625. The Balaban J connectivity index is 2.05. The highest BCUT2D eigenvalue weighted by Crippen LogP contribution is 2.26. The molecule has 2 rings (SSSR count). The molecule has 4 heteroatoms. The molecule has 2 unspecified atom stereocenters. The molecule has 2 atom stereocenters. The van der Waals surface area contributed by atoms with Gasteiger partial charge in [0.25, 0.3) is 0 Å². The zero-order valence-electron chi connectivity index (χ0n) is 12.8. The molecule has 1 N–H and O–H groups in total. The summed E-state index contributed by atoms with van der Waals surface area (Å²) in [5.41, 5.74) is 0.772. The Hall–Kier alpha value is -1.10. The lowest BCUT2D eigenvalue weighted by atomic mass is 9.99. The molecule has 1 aromatic rings. The highest BCUT2D eigenvalue weighted by Gasteiger charge is 2.32. The summed E-state index contributed by atoms with van der Waals surface area (Å²) in [7, 11) is 1.64. The van der Waals surface area contributed by atoms with Crippen LogP contribution in [0, 0.1) is 0 Å². The SMILES string of the molecule is COc1ccc(C(O)C(C)N2CCOC(C)(C)C2)cc1. The van der Waals surface area contributed by atoms with E-state index >= 15 is 0 Å². The molecule has 1 aliphatic rings. The minimum atomic E-state index is -0.505. The number of morpholine rings is 1. The Bertz CT molecular complexity index is 430. The van der Waals surface area contributed by atoms with Gasteiger partial charge >= 0.3 is 0 Å². The van der Waals surface area contributed by atoms with Gasteiger partial charge in [0, 0.05) is 19.1 Å². The first-order valence-corrected chi connectivity index (χ1v) is 7.13. The van der Waals surface area contributed by atoms with E-state index in [1.165, 1.54) is 0 Å². The van der Waals surface area contributed by atoms with Crippen LogP contribution < -0.4 is 4.74 Å². The molecule has 0 radical (unpaired) electrons. The lowest BCUT2D eigenvalue weighted by Gasteiger charge is -2.42. The maximum Gasteiger partial charge on any atom is 0.118 e. The van der Waals surface area contributed by atoms with Gasteiger partial charge in [-0.05, 0) is 38.5 Å². The number of aliphatic hydroxyl groups is 1. The van der Waals surface area contributed by atoms with E-state index in [1.807, 2.05) is 24.3 Å². The van der Waals surface area contributed by atoms with Crippen molar-refractivity contribution in [3.05, 3.63) is 29.8 Å². The highest BCUT2D eigenvalue weighted by atomic mass is 16.5. The fourth-order valence-corrected chi connectivity index (χ4v) is 2.68. The number of aliphatic hydroxyl groups excluding tert-OH is 1. The zero-order valence-corrected chi connectivity index (χ0v) is 12.8. The molecule has 0 amide bonds. The minimum absolute atomic E-state index is 0.0616. The zero-order chi connectivity index (χ0) is 14.8. The van der Waals surface area contributed by atoms with E-state index in [4.69, 9.17) is 9.47 Å². The van der Waals surface area contributed by atoms with Crippen LogP contribution in [0.5, 0.6) is 5.75 Å². The van der Waals surface area contributed by atoms with E-state index in [1.54, 1.807) is 7.11 Å². The molecule has 4 nitrogen and oxygen atoms in total. The fourth-order valence-electron chi connectivity index (χ4n) is 2.68. The summed E-state index contributed by atoms with van der Waals surface area (Å²) in [6.45, 7) is 8.65. The molecule has 1 heterocycles. The second kappa shape index (κ2) is 6.12. The summed E-state index contributed by atoms with van der Waals surface area (Å²) in [5, 5.41) is 10.6. The summed E-state index contributed by atoms with van der Waals surface area (Å²) in [4.78, 5) is 2.29. The van der Waals surface area contributed by atoms with E-state index in [2.05, 4.69) is 25.7 Å². The van der Waals surface area contributed by atoms with E-state index in [0.29, 0.717) is 6.61 Å². The number of methoxy groups -OCH3 is 1. The number of rotatable bonds is 4. The van der Waals surface area contributed by atoms with Crippen molar-refractivity contribution < 1.29 is 14.6 Å². The molecule has 1 aliphatic heterocycles. The molecular weight excluding hydrogens is 254 g/mol. The van der Waals surface area contributed by atoms with Gasteiger partial charge in [-0.15, -0.1) is 0 Å². The van der Waals surface area contributed by atoms with Gasteiger partial charge in [0.1, 0.15) is 5.75 Å². The maximum atomic E-state index is 10.6. The quantitative estimate of drug-likeness (QED) is 0.917. The van der Waals surface area contributed by atoms with Gasteiger partial charge in [0.2, 0.25) is 0 Å². The predicted molar refractivity (Wildman–Crippen MR) is 79.0 cm³/mol. The topological polar surface area (TPSA) is 41.9 Å². The van der Waals surface area contributed by atoms with Crippen LogP contribution >= 0.6 is 0 Å². The Kier molecular flexibility index (Phi) is 4.68. The van der Waals surface area contributed by atoms with Crippen LogP contribution in [0.4, 0.5) is 0 Å². The van der Waals surface area contributed by atoms with Crippen molar-refractivity contribution in [3.8, 4) is 5.75 Å².